The second-order valence-electron chi connectivity index (χ2n) is 5.95. The number of aryl methyl sites for hydroxylation is 1. The third-order valence-electron chi connectivity index (χ3n) is 3.56. The number of aromatic nitrogens is 4. The molecule has 1 N–H and O–H groups in total. The largest absolute Gasteiger partial charge is 0.347 e. The molecule has 3 aromatic rings. The van der Waals surface area contributed by atoms with Gasteiger partial charge in [-0.3, -0.25) is 9.48 Å². The highest BCUT2D eigenvalue weighted by molar-refractivity contribution is 6.03. The van der Waals surface area contributed by atoms with Gasteiger partial charge in [-0.15, -0.1) is 0 Å². The summed E-state index contributed by atoms with van der Waals surface area (Å²) in [7, 11) is 3.68. The fourth-order valence-electron chi connectivity index (χ4n) is 2.39. The molecule has 0 saturated heterocycles. The molecular formula is C18H20N6O. The number of nitrogens with zero attached hydrogens (tertiary/aromatic N) is 5. The zero-order valence-electron chi connectivity index (χ0n) is 14.5. The van der Waals surface area contributed by atoms with Gasteiger partial charge in [-0.25, -0.2) is 9.97 Å². The number of hydrogen-bond acceptors (Lipinski definition) is 5. The number of amides is 1. The fourth-order valence-corrected chi connectivity index (χ4v) is 2.39. The lowest BCUT2D eigenvalue weighted by atomic mass is 10.2. The van der Waals surface area contributed by atoms with Gasteiger partial charge in [-0.1, -0.05) is 12.1 Å². The topological polar surface area (TPSA) is 75.9 Å². The first kappa shape index (κ1) is 16.6. The highest BCUT2D eigenvalue weighted by Crippen LogP contribution is 2.14. The van der Waals surface area contributed by atoms with Crippen LogP contribution in [-0.2, 0) is 6.54 Å². The maximum Gasteiger partial charge on any atom is 0.274 e. The van der Waals surface area contributed by atoms with Gasteiger partial charge in [-0.05, 0) is 36.8 Å². The Kier molecular flexibility index (Phi) is 4.74. The van der Waals surface area contributed by atoms with Crippen LogP contribution < -0.4 is 10.2 Å². The Labute approximate surface area is 146 Å². The van der Waals surface area contributed by atoms with Crippen molar-refractivity contribution in [1.29, 1.82) is 0 Å². The van der Waals surface area contributed by atoms with Crippen LogP contribution in [0.3, 0.4) is 0 Å². The minimum Gasteiger partial charge on any atom is -0.347 e. The normalized spacial score (nSPS) is 10.5. The summed E-state index contributed by atoms with van der Waals surface area (Å²) in [5.41, 5.74) is 2.86. The maximum absolute atomic E-state index is 12.5. The van der Waals surface area contributed by atoms with E-state index in [0.717, 1.165) is 16.9 Å². The maximum atomic E-state index is 12.5. The molecule has 0 bridgehead atoms. The minimum absolute atomic E-state index is 0.259. The van der Waals surface area contributed by atoms with E-state index >= 15 is 0 Å². The predicted molar refractivity (Wildman–Crippen MR) is 96.8 cm³/mol. The lowest BCUT2D eigenvalue weighted by molar-refractivity contribution is 0.102. The summed E-state index contributed by atoms with van der Waals surface area (Å²) in [5.74, 6) is 0.252. The first-order valence-electron chi connectivity index (χ1n) is 7.92. The molecule has 128 valence electrons. The van der Waals surface area contributed by atoms with E-state index in [4.69, 9.17) is 0 Å². The summed E-state index contributed by atoms with van der Waals surface area (Å²) in [6.45, 7) is 2.49. The number of nitrogens with one attached hydrogen (secondary N) is 1. The van der Waals surface area contributed by atoms with Crippen molar-refractivity contribution in [2.24, 2.45) is 0 Å². The molecular weight excluding hydrogens is 316 g/mol. The van der Waals surface area contributed by atoms with Crippen molar-refractivity contribution in [1.82, 2.24) is 19.7 Å². The van der Waals surface area contributed by atoms with Crippen LogP contribution in [0.25, 0.3) is 0 Å². The van der Waals surface area contributed by atoms with Gasteiger partial charge in [0, 0.05) is 37.9 Å². The predicted octanol–water partition coefficient (Wildman–Crippen LogP) is 2.35. The third kappa shape index (κ3) is 4.20. The van der Waals surface area contributed by atoms with Gasteiger partial charge >= 0.3 is 0 Å². The van der Waals surface area contributed by atoms with Crippen molar-refractivity contribution in [3.63, 3.8) is 0 Å². The Morgan fingerprint density at radius 1 is 1.20 bits per heavy atom. The van der Waals surface area contributed by atoms with Crippen LogP contribution in [-0.4, -0.2) is 39.8 Å². The van der Waals surface area contributed by atoms with Crippen LogP contribution in [0.1, 0.15) is 21.7 Å². The zero-order valence-corrected chi connectivity index (χ0v) is 14.5. The van der Waals surface area contributed by atoms with Crippen molar-refractivity contribution in [2.45, 2.75) is 13.5 Å². The van der Waals surface area contributed by atoms with E-state index in [1.165, 1.54) is 0 Å². The zero-order chi connectivity index (χ0) is 17.8. The van der Waals surface area contributed by atoms with Gasteiger partial charge in [0.25, 0.3) is 5.91 Å². The Balaban J connectivity index is 1.77. The molecule has 0 aliphatic carbocycles. The van der Waals surface area contributed by atoms with E-state index in [-0.39, 0.29) is 5.91 Å². The van der Waals surface area contributed by atoms with Crippen LogP contribution in [0.15, 0.2) is 48.8 Å². The van der Waals surface area contributed by atoms with Gasteiger partial charge in [0.05, 0.1) is 6.54 Å². The van der Waals surface area contributed by atoms with Crippen LogP contribution in [0.2, 0.25) is 0 Å². The Morgan fingerprint density at radius 3 is 2.76 bits per heavy atom. The quantitative estimate of drug-likeness (QED) is 0.774. The molecule has 0 atom stereocenters. The second kappa shape index (κ2) is 7.12. The Hall–Kier alpha value is -3.22. The molecule has 0 radical (unpaired) electrons. The molecule has 7 heteroatoms. The molecule has 0 aliphatic heterocycles. The molecule has 0 fully saturated rings. The molecule has 1 aromatic carbocycles. The van der Waals surface area contributed by atoms with E-state index in [1.807, 2.05) is 62.2 Å². The van der Waals surface area contributed by atoms with Gasteiger partial charge in [0.1, 0.15) is 5.69 Å². The summed E-state index contributed by atoms with van der Waals surface area (Å²) >= 11 is 0. The smallest absolute Gasteiger partial charge is 0.274 e. The van der Waals surface area contributed by atoms with Crippen molar-refractivity contribution in [2.75, 3.05) is 24.3 Å². The molecule has 2 heterocycles. The van der Waals surface area contributed by atoms with E-state index in [9.17, 15) is 4.79 Å². The molecule has 0 saturated carbocycles. The first-order valence-corrected chi connectivity index (χ1v) is 7.92. The molecule has 7 nitrogen and oxygen atoms in total. The summed E-state index contributed by atoms with van der Waals surface area (Å²) in [5, 5.41) is 7.09. The minimum atomic E-state index is -0.259. The van der Waals surface area contributed by atoms with Gasteiger partial charge in [0.2, 0.25) is 5.95 Å². The van der Waals surface area contributed by atoms with E-state index in [0.29, 0.717) is 18.2 Å². The van der Waals surface area contributed by atoms with Crippen LogP contribution in [0, 0.1) is 6.92 Å². The number of anilines is 2. The summed E-state index contributed by atoms with van der Waals surface area (Å²) in [6.07, 6.45) is 3.64. The molecule has 25 heavy (non-hydrogen) atoms. The number of benzene rings is 1. The van der Waals surface area contributed by atoms with E-state index in [1.54, 1.807) is 17.2 Å². The first-order chi connectivity index (χ1) is 12.0. The molecule has 0 unspecified atom stereocenters. The molecule has 0 aliphatic rings. The van der Waals surface area contributed by atoms with Gasteiger partial charge in [0.15, 0.2) is 0 Å². The highest BCUT2D eigenvalue weighted by atomic mass is 16.1. The summed E-state index contributed by atoms with van der Waals surface area (Å²) < 4.78 is 1.83. The number of hydrogen-bond donors (Lipinski definition) is 1. The number of carbonyl (C=O) groups excluding carboxylic acids is 1. The Morgan fingerprint density at radius 2 is 2.04 bits per heavy atom. The van der Waals surface area contributed by atoms with Gasteiger partial charge < -0.3 is 10.2 Å². The summed E-state index contributed by atoms with van der Waals surface area (Å²) in [6, 6.07) is 11.2. The number of rotatable bonds is 5. The van der Waals surface area contributed by atoms with Gasteiger partial charge in [-0.2, -0.15) is 5.10 Å². The Bertz CT molecular complexity index is 873. The lowest BCUT2D eigenvalue weighted by Crippen LogP contribution is -2.19. The van der Waals surface area contributed by atoms with Crippen molar-refractivity contribution in [3.05, 3.63) is 65.7 Å². The van der Waals surface area contributed by atoms with Crippen LogP contribution >= 0.6 is 0 Å². The average molecular weight is 336 g/mol. The monoisotopic (exact) mass is 336 g/mol. The fraction of sp³-hybridized carbons (Fsp3) is 0.222. The second-order valence-corrected chi connectivity index (χ2v) is 5.95. The van der Waals surface area contributed by atoms with Crippen LogP contribution in [0.4, 0.5) is 11.6 Å². The van der Waals surface area contributed by atoms with Crippen molar-refractivity contribution < 1.29 is 4.79 Å². The van der Waals surface area contributed by atoms with E-state index in [2.05, 4.69) is 20.4 Å². The van der Waals surface area contributed by atoms with E-state index < -0.39 is 0 Å². The molecule has 0 spiro atoms. The SMILES string of the molecule is Cc1cc(C(=O)Nc2cccc(Cn3cccn3)c2)nc(N(C)C)n1. The molecule has 2 aromatic heterocycles. The molecule has 1 amide bonds. The molecule has 3 rings (SSSR count). The average Bonchev–Trinajstić information content (AvgIpc) is 3.07. The third-order valence-corrected chi connectivity index (χ3v) is 3.56. The van der Waals surface area contributed by atoms with Crippen molar-refractivity contribution >= 4 is 17.5 Å². The highest BCUT2D eigenvalue weighted by Gasteiger charge is 2.12. The van der Waals surface area contributed by atoms with Crippen LogP contribution in [0.5, 0.6) is 0 Å². The summed E-state index contributed by atoms with van der Waals surface area (Å²) in [4.78, 5) is 22.9. The number of carbonyl (C=O) groups is 1. The van der Waals surface area contributed by atoms with Crippen molar-refractivity contribution in [3.8, 4) is 0 Å². The lowest BCUT2D eigenvalue weighted by Gasteiger charge is -2.12. The standard InChI is InChI=1S/C18H20N6O/c1-13-10-16(22-18(20-13)23(2)3)17(25)21-15-7-4-6-14(11-15)12-24-9-5-8-19-24/h4-11H,12H2,1-3H3,(H,21,25).